The van der Waals surface area contributed by atoms with E-state index in [4.69, 9.17) is 9.47 Å². The minimum Gasteiger partial charge on any atom is -0.375 e. The van der Waals surface area contributed by atoms with Crippen molar-refractivity contribution < 1.29 is 9.47 Å². The fourth-order valence-corrected chi connectivity index (χ4v) is 4.46. The zero-order valence-electron chi connectivity index (χ0n) is 17.1. The quantitative estimate of drug-likeness (QED) is 0.621. The Morgan fingerprint density at radius 2 is 1.75 bits per heavy atom. The number of ether oxygens (including phenoxy) is 2. The van der Waals surface area contributed by atoms with E-state index in [9.17, 15) is 0 Å². The maximum Gasteiger partial charge on any atom is 0.194 e. The number of hydrogen-bond donors (Lipinski definition) is 1. The van der Waals surface area contributed by atoms with E-state index >= 15 is 0 Å². The lowest BCUT2D eigenvalue weighted by Gasteiger charge is -2.37. The monoisotopic (exact) mass is 386 g/mol. The molecule has 1 aromatic carbocycles. The van der Waals surface area contributed by atoms with Crippen molar-refractivity contribution in [3.05, 3.63) is 35.4 Å². The van der Waals surface area contributed by atoms with Crippen LogP contribution in [0.1, 0.15) is 36.8 Å². The second-order valence-electron chi connectivity index (χ2n) is 8.11. The predicted molar refractivity (Wildman–Crippen MR) is 111 cm³/mol. The summed E-state index contributed by atoms with van der Waals surface area (Å²) in [5.41, 5.74) is 2.69. The molecule has 0 saturated carbocycles. The second-order valence-corrected chi connectivity index (χ2v) is 8.11. The normalized spacial score (nSPS) is 26.8. The van der Waals surface area contributed by atoms with Crippen LogP contribution in [0.3, 0.4) is 0 Å². The Balaban J connectivity index is 1.27. The highest BCUT2D eigenvalue weighted by molar-refractivity contribution is 5.80. The fourth-order valence-electron chi connectivity index (χ4n) is 4.46. The number of guanidine groups is 1. The molecule has 0 bridgehead atoms. The third-order valence-corrected chi connectivity index (χ3v) is 6.06. The lowest BCUT2D eigenvalue weighted by Crippen LogP contribution is -2.53. The number of hydrogen-bond acceptors (Lipinski definition) is 4. The topological polar surface area (TPSA) is 49.3 Å². The molecule has 3 saturated heterocycles. The molecular formula is C22H34N4O2. The van der Waals surface area contributed by atoms with Crippen LogP contribution in [0.15, 0.2) is 29.3 Å². The largest absolute Gasteiger partial charge is 0.375 e. The molecule has 2 atom stereocenters. The van der Waals surface area contributed by atoms with Gasteiger partial charge in [-0.3, -0.25) is 9.89 Å². The molecule has 0 radical (unpaired) electrons. The van der Waals surface area contributed by atoms with Gasteiger partial charge in [0.25, 0.3) is 0 Å². The van der Waals surface area contributed by atoms with E-state index < -0.39 is 0 Å². The molecule has 1 aromatic rings. The fraction of sp³-hybridized carbons (Fsp3) is 0.682. The molecule has 3 heterocycles. The van der Waals surface area contributed by atoms with Gasteiger partial charge in [-0.15, -0.1) is 0 Å². The predicted octanol–water partition coefficient (Wildman–Crippen LogP) is 2.24. The Bertz CT molecular complexity index is 636. The van der Waals surface area contributed by atoms with Gasteiger partial charge in [-0.25, -0.2) is 0 Å². The third-order valence-electron chi connectivity index (χ3n) is 6.06. The average Bonchev–Trinajstić information content (AvgIpc) is 3.44. The SMILES string of the molecule is CN=C(NCc1ccc(CN2CCCC2)cc1)N1CCOC(C2CCCO2)C1. The molecule has 6 heteroatoms. The Hall–Kier alpha value is -1.63. The molecule has 154 valence electrons. The van der Waals surface area contributed by atoms with Gasteiger partial charge in [-0.1, -0.05) is 24.3 Å². The molecule has 3 aliphatic heterocycles. The number of nitrogens with one attached hydrogen (secondary N) is 1. The number of benzene rings is 1. The van der Waals surface area contributed by atoms with Crippen LogP contribution in [0, 0.1) is 0 Å². The number of rotatable bonds is 5. The Morgan fingerprint density at radius 1 is 1.00 bits per heavy atom. The number of likely N-dealkylation sites (tertiary alicyclic amines) is 1. The van der Waals surface area contributed by atoms with Gasteiger partial charge < -0.3 is 19.7 Å². The Labute approximate surface area is 168 Å². The first-order chi connectivity index (χ1) is 13.8. The summed E-state index contributed by atoms with van der Waals surface area (Å²) in [6.07, 6.45) is 5.33. The van der Waals surface area contributed by atoms with Crippen LogP contribution >= 0.6 is 0 Å². The molecule has 6 nitrogen and oxygen atoms in total. The molecule has 0 spiro atoms. The molecule has 4 rings (SSSR count). The summed E-state index contributed by atoms with van der Waals surface area (Å²) in [4.78, 5) is 9.35. The van der Waals surface area contributed by atoms with Gasteiger partial charge in [0, 0.05) is 39.8 Å². The maximum atomic E-state index is 5.96. The van der Waals surface area contributed by atoms with Crippen molar-refractivity contribution in [2.75, 3.05) is 46.4 Å². The molecule has 3 fully saturated rings. The van der Waals surface area contributed by atoms with Crippen molar-refractivity contribution >= 4 is 5.96 Å². The van der Waals surface area contributed by atoms with E-state index in [1.54, 1.807) is 0 Å². The molecule has 0 aliphatic carbocycles. The average molecular weight is 387 g/mol. The Morgan fingerprint density at radius 3 is 2.46 bits per heavy atom. The first-order valence-corrected chi connectivity index (χ1v) is 10.8. The van der Waals surface area contributed by atoms with Crippen LogP contribution in [0.2, 0.25) is 0 Å². The van der Waals surface area contributed by atoms with Gasteiger partial charge in [-0.05, 0) is 49.9 Å². The van der Waals surface area contributed by atoms with Crippen molar-refractivity contribution in [1.29, 1.82) is 0 Å². The van der Waals surface area contributed by atoms with Gasteiger partial charge in [0.1, 0.15) is 6.10 Å². The van der Waals surface area contributed by atoms with E-state index in [-0.39, 0.29) is 12.2 Å². The molecule has 3 aliphatic rings. The molecule has 0 aromatic heterocycles. The van der Waals surface area contributed by atoms with Gasteiger partial charge in [0.15, 0.2) is 5.96 Å². The summed E-state index contributed by atoms with van der Waals surface area (Å²) in [6.45, 7) is 7.67. The van der Waals surface area contributed by atoms with E-state index in [1.807, 2.05) is 7.05 Å². The maximum absolute atomic E-state index is 5.96. The van der Waals surface area contributed by atoms with Crippen LogP contribution in [0.5, 0.6) is 0 Å². The van der Waals surface area contributed by atoms with Gasteiger partial charge in [0.2, 0.25) is 0 Å². The molecule has 1 N–H and O–H groups in total. The lowest BCUT2D eigenvalue weighted by molar-refractivity contribution is -0.0817. The minimum absolute atomic E-state index is 0.152. The highest BCUT2D eigenvalue weighted by Crippen LogP contribution is 2.21. The zero-order chi connectivity index (χ0) is 19.2. The zero-order valence-corrected chi connectivity index (χ0v) is 17.1. The number of nitrogens with zero attached hydrogens (tertiary/aromatic N) is 3. The lowest BCUT2D eigenvalue weighted by atomic mass is 10.1. The highest BCUT2D eigenvalue weighted by atomic mass is 16.5. The summed E-state index contributed by atoms with van der Waals surface area (Å²) in [5, 5.41) is 3.53. The van der Waals surface area contributed by atoms with Crippen molar-refractivity contribution in [3.63, 3.8) is 0 Å². The first-order valence-electron chi connectivity index (χ1n) is 10.8. The summed E-state index contributed by atoms with van der Waals surface area (Å²) in [6, 6.07) is 9.00. The van der Waals surface area contributed by atoms with Crippen LogP contribution in [-0.4, -0.2) is 74.4 Å². The second kappa shape index (κ2) is 9.72. The molecular weight excluding hydrogens is 352 g/mol. The van der Waals surface area contributed by atoms with E-state index in [2.05, 4.69) is 44.4 Å². The minimum atomic E-state index is 0.152. The van der Waals surface area contributed by atoms with Crippen LogP contribution in [-0.2, 0) is 22.6 Å². The smallest absolute Gasteiger partial charge is 0.194 e. The Kier molecular flexibility index (Phi) is 6.83. The molecule has 28 heavy (non-hydrogen) atoms. The van der Waals surface area contributed by atoms with Crippen LogP contribution in [0.4, 0.5) is 0 Å². The van der Waals surface area contributed by atoms with Crippen molar-refractivity contribution in [2.24, 2.45) is 4.99 Å². The molecule has 2 unspecified atom stereocenters. The third kappa shape index (κ3) is 5.04. The molecule has 0 amide bonds. The van der Waals surface area contributed by atoms with Gasteiger partial charge in [-0.2, -0.15) is 0 Å². The van der Waals surface area contributed by atoms with E-state index in [1.165, 1.54) is 37.1 Å². The first kappa shape index (κ1) is 19.7. The van der Waals surface area contributed by atoms with E-state index in [0.717, 1.165) is 58.2 Å². The number of morpholine rings is 1. The van der Waals surface area contributed by atoms with Crippen molar-refractivity contribution in [2.45, 2.75) is 51.0 Å². The van der Waals surface area contributed by atoms with Crippen LogP contribution in [0.25, 0.3) is 0 Å². The standard InChI is InChI=1S/C22H34N4O2/c1-23-22(26-12-14-28-21(17-26)20-5-4-13-27-20)24-15-18-6-8-19(9-7-18)16-25-10-2-3-11-25/h6-9,20-21H,2-5,10-17H2,1H3,(H,23,24). The van der Waals surface area contributed by atoms with E-state index in [0.29, 0.717) is 0 Å². The summed E-state index contributed by atoms with van der Waals surface area (Å²) < 4.78 is 11.8. The summed E-state index contributed by atoms with van der Waals surface area (Å²) in [5.74, 6) is 0.951. The van der Waals surface area contributed by atoms with Crippen molar-refractivity contribution in [1.82, 2.24) is 15.1 Å². The summed E-state index contributed by atoms with van der Waals surface area (Å²) in [7, 11) is 1.86. The van der Waals surface area contributed by atoms with Crippen LogP contribution < -0.4 is 5.32 Å². The highest BCUT2D eigenvalue weighted by Gasteiger charge is 2.32. The number of aliphatic imine (C=N–C) groups is 1. The van der Waals surface area contributed by atoms with Gasteiger partial charge in [0.05, 0.1) is 12.7 Å². The van der Waals surface area contributed by atoms with Gasteiger partial charge >= 0.3 is 0 Å². The summed E-state index contributed by atoms with van der Waals surface area (Å²) >= 11 is 0. The van der Waals surface area contributed by atoms with Crippen molar-refractivity contribution in [3.8, 4) is 0 Å².